The first-order valence-corrected chi connectivity index (χ1v) is 9.70. The molecular weight excluding hydrogens is 322 g/mol. The Morgan fingerprint density at radius 1 is 1.04 bits per heavy atom. The number of carbonyl (C=O) groups excluding carboxylic acids is 1. The van der Waals surface area contributed by atoms with Crippen LogP contribution in [-0.2, 0) is 23.0 Å². The second-order valence-electron chi connectivity index (χ2n) is 6.26. The van der Waals surface area contributed by atoms with E-state index in [0.29, 0.717) is 25.1 Å². The Balaban J connectivity index is 1.90. The summed E-state index contributed by atoms with van der Waals surface area (Å²) in [7, 11) is -3.14. The minimum atomic E-state index is -3.14. The zero-order valence-corrected chi connectivity index (χ0v) is 14.6. The SMILES string of the molecule is CC(=O)c1cc(Cc2ccccc2)cc(CN2CCCS2(=O)=O)c1. The lowest BCUT2D eigenvalue weighted by molar-refractivity contribution is 0.101. The van der Waals surface area contributed by atoms with Crippen LogP contribution in [0.5, 0.6) is 0 Å². The van der Waals surface area contributed by atoms with Crippen LogP contribution >= 0.6 is 0 Å². The number of carbonyl (C=O) groups is 1. The van der Waals surface area contributed by atoms with Crippen molar-refractivity contribution in [3.63, 3.8) is 0 Å². The van der Waals surface area contributed by atoms with Crippen molar-refractivity contribution < 1.29 is 13.2 Å². The van der Waals surface area contributed by atoms with E-state index in [-0.39, 0.29) is 11.5 Å². The number of hydrogen-bond donors (Lipinski definition) is 0. The van der Waals surface area contributed by atoms with Gasteiger partial charge >= 0.3 is 0 Å². The Kier molecular flexibility index (Phi) is 4.83. The molecule has 3 rings (SSSR count). The minimum absolute atomic E-state index is 0.00422. The van der Waals surface area contributed by atoms with Gasteiger partial charge in [-0.2, -0.15) is 4.31 Å². The van der Waals surface area contributed by atoms with Crippen molar-refractivity contribution in [1.29, 1.82) is 0 Å². The van der Waals surface area contributed by atoms with Crippen molar-refractivity contribution in [2.24, 2.45) is 0 Å². The maximum absolute atomic E-state index is 12.0. The number of Topliss-reactive ketones (excluding diaryl/α,β-unsaturated/α-hetero) is 1. The molecule has 1 aliphatic rings. The lowest BCUT2D eigenvalue weighted by Gasteiger charge is -2.16. The molecule has 0 aromatic heterocycles. The molecule has 0 atom stereocenters. The van der Waals surface area contributed by atoms with E-state index in [1.807, 2.05) is 48.5 Å². The van der Waals surface area contributed by atoms with Crippen LogP contribution in [-0.4, -0.2) is 30.8 Å². The van der Waals surface area contributed by atoms with Crippen LogP contribution in [0.15, 0.2) is 48.5 Å². The maximum atomic E-state index is 12.0. The molecule has 1 saturated heterocycles. The molecular formula is C19H21NO3S. The summed E-state index contributed by atoms with van der Waals surface area (Å²) in [6.45, 7) is 2.43. The van der Waals surface area contributed by atoms with E-state index in [0.717, 1.165) is 23.1 Å². The van der Waals surface area contributed by atoms with Gasteiger partial charge in [0.05, 0.1) is 5.75 Å². The van der Waals surface area contributed by atoms with E-state index in [9.17, 15) is 13.2 Å². The summed E-state index contributed by atoms with van der Waals surface area (Å²) < 4.78 is 25.6. The lowest BCUT2D eigenvalue weighted by Crippen LogP contribution is -2.25. The van der Waals surface area contributed by atoms with Crippen LogP contribution in [0.2, 0.25) is 0 Å². The van der Waals surface area contributed by atoms with E-state index in [1.165, 1.54) is 11.2 Å². The molecule has 4 nitrogen and oxygen atoms in total. The third-order valence-corrected chi connectivity index (χ3v) is 6.18. The molecule has 0 amide bonds. The summed E-state index contributed by atoms with van der Waals surface area (Å²) in [5.74, 6) is 0.214. The molecule has 0 unspecified atom stereocenters. The smallest absolute Gasteiger partial charge is 0.214 e. The molecule has 2 aromatic carbocycles. The number of hydrogen-bond acceptors (Lipinski definition) is 3. The molecule has 126 valence electrons. The highest BCUT2D eigenvalue weighted by atomic mass is 32.2. The van der Waals surface area contributed by atoms with Gasteiger partial charge in [0.15, 0.2) is 5.78 Å². The predicted octanol–water partition coefficient (Wildman–Crippen LogP) is 3.02. The third kappa shape index (κ3) is 3.91. The first-order valence-electron chi connectivity index (χ1n) is 8.09. The quantitative estimate of drug-likeness (QED) is 0.784. The van der Waals surface area contributed by atoms with E-state index in [1.54, 1.807) is 0 Å². The molecule has 24 heavy (non-hydrogen) atoms. The summed E-state index contributed by atoms with van der Waals surface area (Å²) >= 11 is 0. The van der Waals surface area contributed by atoms with Crippen LogP contribution in [0, 0.1) is 0 Å². The van der Waals surface area contributed by atoms with Crippen LogP contribution in [0.1, 0.15) is 40.4 Å². The van der Waals surface area contributed by atoms with Gasteiger partial charge < -0.3 is 0 Å². The molecule has 0 bridgehead atoms. The fourth-order valence-corrected chi connectivity index (χ4v) is 4.57. The van der Waals surface area contributed by atoms with Gasteiger partial charge in [-0.3, -0.25) is 4.79 Å². The molecule has 1 aliphatic heterocycles. The van der Waals surface area contributed by atoms with Crippen molar-refractivity contribution >= 4 is 15.8 Å². The van der Waals surface area contributed by atoms with E-state index >= 15 is 0 Å². The van der Waals surface area contributed by atoms with E-state index in [4.69, 9.17) is 0 Å². The summed E-state index contributed by atoms with van der Waals surface area (Å²) in [6.07, 6.45) is 1.40. The van der Waals surface area contributed by atoms with Gasteiger partial charge in [0, 0.05) is 18.7 Å². The Hall–Kier alpha value is -1.98. The zero-order chi connectivity index (χ0) is 17.2. The van der Waals surface area contributed by atoms with Crippen molar-refractivity contribution in [1.82, 2.24) is 4.31 Å². The monoisotopic (exact) mass is 343 g/mol. The molecule has 1 fully saturated rings. The second-order valence-corrected chi connectivity index (χ2v) is 8.35. The molecule has 0 radical (unpaired) electrons. The average molecular weight is 343 g/mol. The predicted molar refractivity (Wildman–Crippen MR) is 94.5 cm³/mol. The Morgan fingerprint density at radius 2 is 1.75 bits per heavy atom. The van der Waals surface area contributed by atoms with Crippen molar-refractivity contribution in [3.8, 4) is 0 Å². The summed E-state index contributed by atoms with van der Waals surface area (Å²) in [5, 5.41) is 0. The molecule has 0 spiro atoms. The highest BCUT2D eigenvalue weighted by Crippen LogP contribution is 2.21. The number of ketones is 1. The third-order valence-electron chi connectivity index (χ3n) is 4.27. The van der Waals surface area contributed by atoms with Gasteiger partial charge in [0.2, 0.25) is 10.0 Å². The fourth-order valence-electron chi connectivity index (χ4n) is 3.06. The second kappa shape index (κ2) is 6.87. The van der Waals surface area contributed by atoms with Gasteiger partial charge in [0.25, 0.3) is 0 Å². The standard InChI is InChI=1S/C19H21NO3S/c1-15(21)19-12-17(10-16-6-3-2-4-7-16)11-18(13-19)14-20-8-5-9-24(20,22)23/h2-4,6-7,11-13H,5,8-10,14H2,1H3. The van der Waals surface area contributed by atoms with Crippen LogP contribution < -0.4 is 0 Å². The Labute approximate surface area is 143 Å². The number of rotatable bonds is 5. The van der Waals surface area contributed by atoms with E-state index in [2.05, 4.69) is 0 Å². The molecule has 0 N–H and O–H groups in total. The largest absolute Gasteiger partial charge is 0.295 e. The minimum Gasteiger partial charge on any atom is -0.295 e. The zero-order valence-electron chi connectivity index (χ0n) is 13.7. The van der Waals surface area contributed by atoms with Crippen molar-refractivity contribution in [2.45, 2.75) is 26.3 Å². The molecule has 2 aromatic rings. The van der Waals surface area contributed by atoms with Gasteiger partial charge in [-0.25, -0.2) is 8.42 Å². The number of nitrogens with zero attached hydrogens (tertiary/aromatic N) is 1. The van der Waals surface area contributed by atoms with Gasteiger partial charge in [0.1, 0.15) is 0 Å². The Morgan fingerprint density at radius 3 is 2.38 bits per heavy atom. The summed E-state index contributed by atoms with van der Waals surface area (Å²) in [5.41, 5.74) is 3.70. The first-order chi connectivity index (χ1) is 11.4. The highest BCUT2D eigenvalue weighted by Gasteiger charge is 2.28. The average Bonchev–Trinajstić information content (AvgIpc) is 2.86. The summed E-state index contributed by atoms with van der Waals surface area (Å²) in [4.78, 5) is 11.8. The van der Waals surface area contributed by atoms with Gasteiger partial charge in [-0.05, 0) is 48.6 Å². The van der Waals surface area contributed by atoms with Gasteiger partial charge in [-0.15, -0.1) is 0 Å². The normalized spacial score (nSPS) is 17.0. The first kappa shape index (κ1) is 16.9. The Bertz CT molecular complexity index is 844. The summed E-state index contributed by atoms with van der Waals surface area (Å²) in [6, 6.07) is 15.8. The lowest BCUT2D eigenvalue weighted by atomic mass is 9.98. The van der Waals surface area contributed by atoms with Crippen LogP contribution in [0.25, 0.3) is 0 Å². The molecule has 1 heterocycles. The molecule has 5 heteroatoms. The fraction of sp³-hybridized carbons (Fsp3) is 0.316. The van der Waals surface area contributed by atoms with Crippen molar-refractivity contribution in [2.75, 3.05) is 12.3 Å². The van der Waals surface area contributed by atoms with Crippen LogP contribution in [0.3, 0.4) is 0 Å². The van der Waals surface area contributed by atoms with Crippen molar-refractivity contribution in [3.05, 3.63) is 70.8 Å². The van der Waals surface area contributed by atoms with Gasteiger partial charge in [-0.1, -0.05) is 36.4 Å². The topological polar surface area (TPSA) is 54.5 Å². The highest BCUT2D eigenvalue weighted by molar-refractivity contribution is 7.89. The number of benzene rings is 2. The molecule has 0 saturated carbocycles. The molecule has 0 aliphatic carbocycles. The van der Waals surface area contributed by atoms with Crippen LogP contribution in [0.4, 0.5) is 0 Å². The van der Waals surface area contributed by atoms with E-state index < -0.39 is 10.0 Å². The number of sulfonamides is 1. The maximum Gasteiger partial charge on any atom is 0.214 e.